The highest BCUT2D eigenvalue weighted by atomic mass is 79.9. The second kappa shape index (κ2) is 7.78. The summed E-state index contributed by atoms with van der Waals surface area (Å²) in [5.41, 5.74) is 6.04. The number of methoxy groups -OCH3 is 1. The summed E-state index contributed by atoms with van der Waals surface area (Å²) < 4.78 is 32.5. The van der Waals surface area contributed by atoms with E-state index in [0.717, 1.165) is 0 Å². The molecule has 0 atom stereocenters. The van der Waals surface area contributed by atoms with E-state index in [4.69, 9.17) is 16.9 Å². The molecule has 0 aliphatic heterocycles. The maximum atomic E-state index is 12.2. The zero-order valence-corrected chi connectivity index (χ0v) is 14.1. The molecule has 1 aromatic rings. The van der Waals surface area contributed by atoms with Gasteiger partial charge in [0.1, 0.15) is 10.6 Å². The lowest BCUT2D eigenvalue weighted by Gasteiger charge is -2.12. The number of thioether (sulfide) groups is 1. The first-order chi connectivity index (χ1) is 9.42. The van der Waals surface area contributed by atoms with Crippen molar-refractivity contribution in [1.82, 2.24) is 4.72 Å². The average Bonchev–Trinajstić information content (AvgIpc) is 2.41. The van der Waals surface area contributed by atoms with Gasteiger partial charge in [0.2, 0.25) is 10.0 Å². The molecular weight excluding hydrogens is 364 g/mol. The molecule has 5 nitrogen and oxygen atoms in total. The number of nitrogens with two attached hydrogens (primary N) is 1. The van der Waals surface area contributed by atoms with Crippen LogP contribution in [0, 0.1) is 12.3 Å². The Morgan fingerprint density at radius 2 is 2.25 bits per heavy atom. The van der Waals surface area contributed by atoms with Gasteiger partial charge in [0.15, 0.2) is 0 Å². The first kappa shape index (κ1) is 17.2. The van der Waals surface area contributed by atoms with E-state index in [0.29, 0.717) is 21.7 Å². The van der Waals surface area contributed by atoms with Crippen LogP contribution in [0.3, 0.4) is 0 Å². The molecule has 3 N–H and O–H groups in total. The van der Waals surface area contributed by atoms with Crippen molar-refractivity contribution >= 4 is 43.4 Å². The fourth-order valence-electron chi connectivity index (χ4n) is 1.38. The molecule has 0 unspecified atom stereocenters. The van der Waals surface area contributed by atoms with Crippen LogP contribution < -0.4 is 15.2 Å². The molecule has 0 saturated heterocycles. The monoisotopic (exact) mass is 378 g/mol. The van der Waals surface area contributed by atoms with Gasteiger partial charge in [0, 0.05) is 22.5 Å². The second-order valence-electron chi connectivity index (χ2n) is 3.68. The van der Waals surface area contributed by atoms with Gasteiger partial charge in [0.05, 0.1) is 12.9 Å². The predicted octanol–water partition coefficient (Wildman–Crippen LogP) is 1.68. The molecule has 0 aromatic heterocycles. The van der Waals surface area contributed by atoms with Crippen LogP contribution in [-0.4, -0.2) is 33.6 Å². The molecule has 0 radical (unpaired) electrons. The summed E-state index contributed by atoms with van der Waals surface area (Å²) in [6.45, 7) is 0.286. The summed E-state index contributed by atoms with van der Waals surface area (Å²) in [5.74, 6) is 3.85. The Morgan fingerprint density at radius 3 is 2.85 bits per heavy atom. The lowest BCUT2D eigenvalue weighted by molar-refractivity contribution is 0.402. The largest absolute Gasteiger partial charge is 0.495 e. The Balaban J connectivity index is 2.87. The van der Waals surface area contributed by atoms with E-state index in [2.05, 4.69) is 26.6 Å². The Morgan fingerprint density at radius 1 is 1.55 bits per heavy atom. The molecule has 1 rings (SSSR count). The van der Waals surface area contributed by atoms with E-state index in [1.807, 2.05) is 0 Å². The molecule has 0 aliphatic rings. The number of nitrogen functional groups attached to an aromatic ring is 1. The number of rotatable bonds is 7. The number of sulfonamides is 1. The summed E-state index contributed by atoms with van der Waals surface area (Å²) in [6.07, 6.45) is 5.11. The fourth-order valence-corrected chi connectivity index (χ4v) is 3.55. The van der Waals surface area contributed by atoms with E-state index < -0.39 is 10.0 Å². The van der Waals surface area contributed by atoms with Gasteiger partial charge >= 0.3 is 0 Å². The highest BCUT2D eigenvalue weighted by Crippen LogP contribution is 2.32. The van der Waals surface area contributed by atoms with E-state index in [-0.39, 0.29) is 17.2 Å². The molecule has 0 saturated carbocycles. The van der Waals surface area contributed by atoms with Crippen LogP contribution in [0.4, 0.5) is 5.69 Å². The van der Waals surface area contributed by atoms with Gasteiger partial charge in [0.25, 0.3) is 0 Å². The summed E-state index contributed by atoms with van der Waals surface area (Å²) in [7, 11) is -2.27. The first-order valence-corrected chi connectivity index (χ1v) is 8.99. The standard InChI is InChI=1S/C12H15BrN2O3S2/c1-3-5-19-6-4-15-20(16,17)12-8-10(14)9(13)7-11(12)18-2/h1,7-8,15H,4-6,14H2,2H3. The molecule has 0 amide bonds. The molecule has 20 heavy (non-hydrogen) atoms. The maximum absolute atomic E-state index is 12.2. The molecule has 0 bridgehead atoms. The van der Waals surface area contributed by atoms with Crippen LogP contribution in [0.15, 0.2) is 21.5 Å². The Labute approximate surface area is 131 Å². The molecule has 0 fully saturated rings. The molecule has 0 heterocycles. The van der Waals surface area contributed by atoms with Gasteiger partial charge in [-0.2, -0.15) is 0 Å². The van der Waals surface area contributed by atoms with Crippen LogP contribution in [0.25, 0.3) is 0 Å². The number of terminal acetylenes is 1. The number of nitrogens with one attached hydrogen (secondary N) is 1. The quantitative estimate of drug-likeness (QED) is 0.428. The van der Waals surface area contributed by atoms with E-state index in [1.165, 1.54) is 31.0 Å². The zero-order valence-electron chi connectivity index (χ0n) is 10.8. The third-order valence-corrected chi connectivity index (χ3v) is 5.33. The number of halogens is 1. The third kappa shape index (κ3) is 4.59. The van der Waals surface area contributed by atoms with Gasteiger partial charge < -0.3 is 10.5 Å². The average molecular weight is 379 g/mol. The van der Waals surface area contributed by atoms with E-state index in [9.17, 15) is 8.42 Å². The van der Waals surface area contributed by atoms with Crippen molar-refractivity contribution in [1.29, 1.82) is 0 Å². The van der Waals surface area contributed by atoms with Gasteiger partial charge in [-0.15, -0.1) is 18.2 Å². The Bertz CT molecular complexity index is 612. The minimum Gasteiger partial charge on any atom is -0.495 e. The van der Waals surface area contributed by atoms with Gasteiger partial charge in [-0.25, -0.2) is 13.1 Å². The number of hydrogen-bond donors (Lipinski definition) is 2. The van der Waals surface area contributed by atoms with E-state index in [1.54, 1.807) is 0 Å². The number of hydrogen-bond acceptors (Lipinski definition) is 5. The summed E-state index contributed by atoms with van der Waals surface area (Å²) in [6, 6.07) is 2.89. The van der Waals surface area contributed by atoms with Crippen molar-refractivity contribution in [3.05, 3.63) is 16.6 Å². The summed E-state index contributed by atoms with van der Waals surface area (Å²) in [5, 5.41) is 0. The van der Waals surface area contributed by atoms with Gasteiger partial charge in [-0.05, 0) is 28.1 Å². The third-order valence-electron chi connectivity index (χ3n) is 2.30. The van der Waals surface area contributed by atoms with Crippen LogP contribution in [0.2, 0.25) is 0 Å². The predicted molar refractivity (Wildman–Crippen MR) is 86.5 cm³/mol. The van der Waals surface area contributed by atoms with E-state index >= 15 is 0 Å². The van der Waals surface area contributed by atoms with Crippen molar-refractivity contribution in [2.24, 2.45) is 0 Å². The second-order valence-corrected chi connectivity index (χ2v) is 7.37. The normalized spacial score (nSPS) is 11.1. The molecule has 8 heteroatoms. The summed E-state index contributed by atoms with van der Waals surface area (Å²) >= 11 is 4.70. The van der Waals surface area contributed by atoms with Crippen molar-refractivity contribution in [2.45, 2.75) is 4.90 Å². The van der Waals surface area contributed by atoms with Crippen molar-refractivity contribution in [3.63, 3.8) is 0 Å². The van der Waals surface area contributed by atoms with Gasteiger partial charge in [-0.1, -0.05) is 5.92 Å². The fraction of sp³-hybridized carbons (Fsp3) is 0.333. The summed E-state index contributed by atoms with van der Waals surface area (Å²) in [4.78, 5) is 0.0163. The number of ether oxygens (including phenoxy) is 1. The molecule has 0 aliphatic carbocycles. The minimum atomic E-state index is -3.67. The van der Waals surface area contributed by atoms with Crippen molar-refractivity contribution < 1.29 is 13.2 Å². The van der Waals surface area contributed by atoms with Crippen molar-refractivity contribution in [2.75, 3.05) is 30.9 Å². The maximum Gasteiger partial charge on any atom is 0.244 e. The Kier molecular flexibility index (Phi) is 6.68. The topological polar surface area (TPSA) is 81.4 Å². The first-order valence-electron chi connectivity index (χ1n) is 5.56. The lowest BCUT2D eigenvalue weighted by atomic mass is 10.3. The minimum absolute atomic E-state index is 0.0163. The molecular formula is C12H15BrN2O3S2. The van der Waals surface area contributed by atoms with Crippen LogP contribution in [0.5, 0.6) is 5.75 Å². The smallest absolute Gasteiger partial charge is 0.244 e. The molecule has 0 spiro atoms. The highest BCUT2D eigenvalue weighted by Gasteiger charge is 2.20. The lowest BCUT2D eigenvalue weighted by Crippen LogP contribution is -2.26. The number of benzene rings is 1. The molecule has 110 valence electrons. The number of anilines is 1. The van der Waals surface area contributed by atoms with Gasteiger partial charge in [-0.3, -0.25) is 0 Å². The van der Waals surface area contributed by atoms with Crippen LogP contribution >= 0.6 is 27.7 Å². The van der Waals surface area contributed by atoms with Crippen LogP contribution in [0.1, 0.15) is 0 Å². The Hall–Kier alpha value is -0.880. The molecule has 1 aromatic carbocycles. The van der Waals surface area contributed by atoms with Crippen molar-refractivity contribution in [3.8, 4) is 18.1 Å². The SMILES string of the molecule is C#CCSCCNS(=O)(=O)c1cc(N)c(Br)cc1OC. The van der Waals surface area contributed by atoms with Crippen LogP contribution in [-0.2, 0) is 10.0 Å². The highest BCUT2D eigenvalue weighted by molar-refractivity contribution is 9.10. The zero-order chi connectivity index (χ0) is 15.2.